The van der Waals surface area contributed by atoms with E-state index in [2.05, 4.69) is 10.3 Å². The van der Waals surface area contributed by atoms with Crippen LogP contribution < -0.4 is 10.2 Å². The molecule has 0 atom stereocenters. The molecule has 0 saturated carbocycles. The fraction of sp³-hybridized carbons (Fsp3) is 0.333. The first-order valence-corrected chi connectivity index (χ1v) is 8.67. The van der Waals surface area contributed by atoms with Crippen LogP contribution in [0, 0.1) is 11.7 Å². The molecule has 1 aliphatic heterocycles. The van der Waals surface area contributed by atoms with Gasteiger partial charge in [-0.25, -0.2) is 9.37 Å². The first kappa shape index (κ1) is 19.4. The summed E-state index contributed by atoms with van der Waals surface area (Å²) in [5.41, 5.74) is -0.540. The molecule has 1 aliphatic rings. The monoisotopic (exact) mass is 401 g/mol. The Kier molecular flexibility index (Phi) is 5.55. The number of hydrogen-bond donors (Lipinski definition) is 1. The van der Waals surface area contributed by atoms with Crippen LogP contribution in [-0.2, 0) is 11.0 Å². The number of hydrogen-bond acceptors (Lipinski definition) is 3. The fourth-order valence-corrected chi connectivity index (χ4v) is 3.13. The second-order valence-corrected chi connectivity index (χ2v) is 6.67. The molecule has 1 N–H and O–H groups in total. The summed E-state index contributed by atoms with van der Waals surface area (Å²) in [4.78, 5) is 17.8. The van der Waals surface area contributed by atoms with Crippen molar-refractivity contribution in [1.29, 1.82) is 0 Å². The number of aromatic nitrogens is 1. The molecule has 0 spiro atoms. The molecule has 0 aliphatic carbocycles. The Balaban J connectivity index is 1.60. The molecule has 1 saturated heterocycles. The molecule has 9 heteroatoms. The lowest BCUT2D eigenvalue weighted by molar-refractivity contribution is -0.141. The molecule has 144 valence electrons. The van der Waals surface area contributed by atoms with E-state index in [0.29, 0.717) is 31.6 Å². The second kappa shape index (κ2) is 7.72. The maximum atomic E-state index is 13.2. The summed E-state index contributed by atoms with van der Waals surface area (Å²) in [6, 6.07) is 7.69. The lowest BCUT2D eigenvalue weighted by atomic mass is 9.95. The summed E-state index contributed by atoms with van der Waals surface area (Å²) in [5.74, 6) is -0.851. The van der Waals surface area contributed by atoms with Gasteiger partial charge in [-0.15, -0.1) is 0 Å². The van der Waals surface area contributed by atoms with Crippen LogP contribution in [0.4, 0.5) is 29.1 Å². The number of carbonyl (C=O) groups excluding carboxylic acids is 1. The van der Waals surface area contributed by atoms with Crippen LogP contribution in [0.25, 0.3) is 0 Å². The smallest absolute Gasteiger partial charge is 0.357 e. The van der Waals surface area contributed by atoms with Crippen molar-refractivity contribution in [3.63, 3.8) is 0 Å². The zero-order valence-corrected chi connectivity index (χ0v) is 14.8. The minimum atomic E-state index is -4.50. The normalized spacial score (nSPS) is 15.7. The van der Waals surface area contributed by atoms with Gasteiger partial charge in [0.05, 0.1) is 5.02 Å². The number of amides is 1. The third-order valence-corrected chi connectivity index (χ3v) is 4.69. The molecule has 3 rings (SSSR count). The molecule has 1 fully saturated rings. The van der Waals surface area contributed by atoms with Crippen molar-refractivity contribution >= 4 is 29.0 Å². The van der Waals surface area contributed by atoms with Crippen molar-refractivity contribution < 1.29 is 22.4 Å². The van der Waals surface area contributed by atoms with Crippen molar-refractivity contribution in [2.24, 2.45) is 5.92 Å². The highest BCUT2D eigenvalue weighted by Crippen LogP contribution is 2.30. The number of benzene rings is 1. The van der Waals surface area contributed by atoms with Crippen LogP contribution in [0.5, 0.6) is 0 Å². The molecule has 27 heavy (non-hydrogen) atoms. The van der Waals surface area contributed by atoms with Crippen LogP contribution in [0.1, 0.15) is 18.5 Å². The van der Waals surface area contributed by atoms with Gasteiger partial charge in [-0.1, -0.05) is 17.7 Å². The molecule has 0 unspecified atom stereocenters. The van der Waals surface area contributed by atoms with Crippen LogP contribution in [0.2, 0.25) is 5.02 Å². The summed E-state index contributed by atoms with van der Waals surface area (Å²) in [5, 5.41) is 2.61. The second-order valence-electron chi connectivity index (χ2n) is 6.26. The maximum Gasteiger partial charge on any atom is 0.433 e. The van der Waals surface area contributed by atoms with Gasteiger partial charge in [0, 0.05) is 24.7 Å². The summed E-state index contributed by atoms with van der Waals surface area (Å²) in [6.45, 7) is 0.827. The number of carbonyl (C=O) groups is 1. The van der Waals surface area contributed by atoms with Gasteiger partial charge in [0.1, 0.15) is 17.3 Å². The van der Waals surface area contributed by atoms with Gasteiger partial charge in [-0.2, -0.15) is 13.2 Å². The molecular formula is C18H16ClF4N3O. The van der Waals surface area contributed by atoms with Gasteiger partial charge in [-0.05, 0) is 43.2 Å². The van der Waals surface area contributed by atoms with Crippen LogP contribution in [0.3, 0.4) is 0 Å². The number of halogens is 5. The topological polar surface area (TPSA) is 45.2 Å². The molecule has 1 aromatic carbocycles. The van der Waals surface area contributed by atoms with Crippen LogP contribution in [0.15, 0.2) is 36.4 Å². The van der Waals surface area contributed by atoms with Crippen molar-refractivity contribution in [3.05, 3.63) is 52.9 Å². The molecule has 4 nitrogen and oxygen atoms in total. The quantitative estimate of drug-likeness (QED) is 0.755. The summed E-state index contributed by atoms with van der Waals surface area (Å²) in [7, 11) is 0. The van der Waals surface area contributed by atoms with Gasteiger partial charge in [0.15, 0.2) is 0 Å². The zero-order chi connectivity index (χ0) is 19.6. The molecule has 2 heterocycles. The summed E-state index contributed by atoms with van der Waals surface area (Å²) >= 11 is 5.69. The number of nitrogens with one attached hydrogen (secondary N) is 1. The predicted molar refractivity (Wildman–Crippen MR) is 94.2 cm³/mol. The Hall–Kier alpha value is -2.35. The highest BCUT2D eigenvalue weighted by molar-refractivity contribution is 6.31. The number of nitrogens with zero attached hydrogens (tertiary/aromatic N) is 2. The molecule has 1 aromatic heterocycles. The number of rotatable bonds is 3. The van der Waals surface area contributed by atoms with E-state index in [1.807, 2.05) is 0 Å². The van der Waals surface area contributed by atoms with Crippen LogP contribution >= 0.6 is 11.6 Å². The van der Waals surface area contributed by atoms with Crippen LogP contribution in [-0.4, -0.2) is 24.0 Å². The Morgan fingerprint density at radius 1 is 1.19 bits per heavy atom. The van der Waals surface area contributed by atoms with Crippen molar-refractivity contribution in [1.82, 2.24) is 4.98 Å². The SMILES string of the molecule is O=C(Nc1ccc(F)c(Cl)c1)C1CCN(c2cccc(C(F)(F)F)n2)CC1. The first-order chi connectivity index (χ1) is 12.7. The number of alkyl halides is 3. The average Bonchev–Trinajstić information content (AvgIpc) is 2.64. The van der Waals surface area contributed by atoms with E-state index in [9.17, 15) is 22.4 Å². The highest BCUT2D eigenvalue weighted by atomic mass is 35.5. The van der Waals surface area contributed by atoms with Crippen molar-refractivity contribution in [3.8, 4) is 0 Å². The summed E-state index contributed by atoms with van der Waals surface area (Å²) < 4.78 is 51.6. The minimum Gasteiger partial charge on any atom is -0.357 e. The molecule has 0 bridgehead atoms. The largest absolute Gasteiger partial charge is 0.433 e. The van der Waals surface area contributed by atoms with Gasteiger partial charge in [0.25, 0.3) is 0 Å². The van der Waals surface area contributed by atoms with E-state index in [4.69, 9.17) is 11.6 Å². The van der Waals surface area contributed by atoms with E-state index in [0.717, 1.165) is 6.07 Å². The van der Waals surface area contributed by atoms with Gasteiger partial charge >= 0.3 is 6.18 Å². The van der Waals surface area contributed by atoms with E-state index < -0.39 is 17.7 Å². The maximum absolute atomic E-state index is 13.2. The zero-order valence-electron chi connectivity index (χ0n) is 14.1. The molecule has 1 amide bonds. The Bertz CT molecular complexity index is 836. The third-order valence-electron chi connectivity index (χ3n) is 4.40. The third kappa shape index (κ3) is 4.68. The summed E-state index contributed by atoms with van der Waals surface area (Å²) in [6.07, 6.45) is -3.55. The molecule has 0 radical (unpaired) electrons. The number of piperidine rings is 1. The lowest BCUT2D eigenvalue weighted by Crippen LogP contribution is -2.38. The number of anilines is 2. The van der Waals surface area contributed by atoms with Gasteiger partial charge in [0.2, 0.25) is 5.91 Å². The van der Waals surface area contributed by atoms with Gasteiger partial charge < -0.3 is 10.2 Å². The Morgan fingerprint density at radius 3 is 2.52 bits per heavy atom. The number of pyridine rings is 1. The highest BCUT2D eigenvalue weighted by Gasteiger charge is 2.33. The molecular weight excluding hydrogens is 386 g/mol. The Morgan fingerprint density at radius 2 is 1.89 bits per heavy atom. The Labute approximate surface area is 158 Å². The predicted octanol–water partition coefficient (Wildman–Crippen LogP) is 4.75. The first-order valence-electron chi connectivity index (χ1n) is 8.29. The van der Waals surface area contributed by atoms with E-state index >= 15 is 0 Å². The average molecular weight is 402 g/mol. The van der Waals surface area contributed by atoms with E-state index in [1.54, 1.807) is 4.90 Å². The molecule has 2 aromatic rings. The standard InChI is InChI=1S/C18H16ClF4N3O/c19-13-10-12(4-5-14(13)20)24-17(27)11-6-8-26(9-7-11)16-3-1-2-15(25-16)18(21,22)23/h1-5,10-11H,6-9H2,(H,24,27). The van der Waals surface area contributed by atoms with Crippen molar-refractivity contribution in [2.45, 2.75) is 19.0 Å². The minimum absolute atomic E-state index is 0.0850. The van der Waals surface area contributed by atoms with E-state index in [1.165, 1.54) is 30.3 Å². The lowest BCUT2D eigenvalue weighted by Gasteiger charge is -2.32. The van der Waals surface area contributed by atoms with E-state index in [-0.39, 0.29) is 22.7 Å². The fourth-order valence-electron chi connectivity index (χ4n) is 2.95. The van der Waals surface area contributed by atoms with Gasteiger partial charge in [-0.3, -0.25) is 4.79 Å². The van der Waals surface area contributed by atoms with Crippen molar-refractivity contribution in [2.75, 3.05) is 23.3 Å².